The molecule has 94 valence electrons. The molecule has 1 fully saturated rings. The van der Waals surface area contributed by atoms with Gasteiger partial charge >= 0.3 is 0 Å². The number of likely N-dealkylation sites (N-methyl/N-ethyl adjacent to an activating group) is 1. The van der Waals surface area contributed by atoms with Crippen LogP contribution in [0.2, 0.25) is 0 Å². The van der Waals surface area contributed by atoms with Crippen LogP contribution in [0.3, 0.4) is 0 Å². The first-order chi connectivity index (χ1) is 8.08. The van der Waals surface area contributed by atoms with Crippen molar-refractivity contribution in [1.82, 2.24) is 4.90 Å². The molecule has 1 aromatic rings. The van der Waals surface area contributed by atoms with E-state index in [0.29, 0.717) is 0 Å². The minimum atomic E-state index is 0.0749. The summed E-state index contributed by atoms with van der Waals surface area (Å²) in [5.41, 5.74) is 8.37. The van der Waals surface area contributed by atoms with Gasteiger partial charge in [-0.05, 0) is 31.7 Å². The van der Waals surface area contributed by atoms with Gasteiger partial charge in [0.1, 0.15) is 0 Å². The smallest absolute Gasteiger partial charge is 0.0378 e. The number of hydrogen-bond donors (Lipinski definition) is 1. The Balaban J connectivity index is 2.14. The van der Waals surface area contributed by atoms with Crippen molar-refractivity contribution in [2.45, 2.75) is 13.0 Å². The summed E-state index contributed by atoms with van der Waals surface area (Å²) in [5, 5.41) is 0. The molecule has 0 saturated carbocycles. The molecule has 1 atom stereocenters. The maximum Gasteiger partial charge on any atom is 0.0378 e. The van der Waals surface area contributed by atoms with Gasteiger partial charge in [-0.15, -0.1) is 0 Å². The van der Waals surface area contributed by atoms with E-state index in [0.717, 1.165) is 30.7 Å². The first-order valence-electron chi connectivity index (χ1n) is 6.06. The molecule has 1 aromatic carbocycles. The summed E-state index contributed by atoms with van der Waals surface area (Å²) in [6.45, 7) is 6.47. The van der Waals surface area contributed by atoms with Crippen LogP contribution in [-0.2, 0) is 0 Å². The number of benzene rings is 1. The Morgan fingerprint density at radius 2 is 1.88 bits per heavy atom. The Hall–Kier alpha value is -0.580. The lowest BCUT2D eigenvalue weighted by molar-refractivity contribution is 0.313. The summed E-state index contributed by atoms with van der Waals surface area (Å²) < 4.78 is 1.11. The minimum absolute atomic E-state index is 0.0749. The van der Waals surface area contributed by atoms with E-state index in [9.17, 15) is 0 Å². The maximum atomic E-state index is 5.91. The van der Waals surface area contributed by atoms with Crippen molar-refractivity contribution < 1.29 is 0 Å². The Kier molecular flexibility index (Phi) is 4.07. The van der Waals surface area contributed by atoms with Crippen molar-refractivity contribution in [2.75, 3.05) is 38.1 Å². The van der Waals surface area contributed by atoms with Gasteiger partial charge in [0.2, 0.25) is 0 Å². The molecule has 0 aromatic heterocycles. The van der Waals surface area contributed by atoms with Crippen molar-refractivity contribution in [3.8, 4) is 0 Å². The predicted molar refractivity (Wildman–Crippen MR) is 76.5 cm³/mol. The average Bonchev–Trinajstić information content (AvgIpc) is 2.29. The molecular weight excluding hydrogens is 278 g/mol. The molecule has 0 spiro atoms. The molecule has 1 unspecified atom stereocenters. The van der Waals surface area contributed by atoms with Crippen molar-refractivity contribution in [2.24, 2.45) is 5.73 Å². The molecule has 3 nitrogen and oxygen atoms in total. The number of nitrogens with zero attached hydrogens (tertiary/aromatic N) is 2. The molecule has 4 heteroatoms. The summed E-state index contributed by atoms with van der Waals surface area (Å²) in [6, 6.07) is 6.56. The van der Waals surface area contributed by atoms with Gasteiger partial charge in [0.15, 0.2) is 0 Å². The highest BCUT2D eigenvalue weighted by Gasteiger charge is 2.15. The second-order valence-electron chi connectivity index (χ2n) is 4.78. The Morgan fingerprint density at radius 3 is 2.41 bits per heavy atom. The molecule has 17 heavy (non-hydrogen) atoms. The first kappa shape index (κ1) is 12.9. The van der Waals surface area contributed by atoms with E-state index in [2.05, 4.69) is 51.0 Å². The quantitative estimate of drug-likeness (QED) is 0.908. The van der Waals surface area contributed by atoms with E-state index in [1.165, 1.54) is 11.3 Å². The predicted octanol–water partition coefficient (Wildman–Crippen LogP) is 2.22. The highest BCUT2D eigenvalue weighted by Crippen LogP contribution is 2.27. The molecule has 0 aliphatic carbocycles. The van der Waals surface area contributed by atoms with Gasteiger partial charge < -0.3 is 15.5 Å². The van der Waals surface area contributed by atoms with Crippen LogP contribution in [0.4, 0.5) is 5.69 Å². The molecule has 1 aliphatic heterocycles. The zero-order valence-corrected chi connectivity index (χ0v) is 12.1. The zero-order chi connectivity index (χ0) is 12.4. The second-order valence-corrected chi connectivity index (χ2v) is 5.64. The van der Waals surface area contributed by atoms with Gasteiger partial charge in [-0.1, -0.05) is 22.0 Å². The number of rotatable bonds is 2. The van der Waals surface area contributed by atoms with E-state index in [1.54, 1.807) is 0 Å². The lowest BCUT2D eigenvalue weighted by Gasteiger charge is -2.34. The Morgan fingerprint density at radius 1 is 1.24 bits per heavy atom. The third-order valence-electron chi connectivity index (χ3n) is 3.34. The summed E-state index contributed by atoms with van der Waals surface area (Å²) in [7, 11) is 2.17. The van der Waals surface area contributed by atoms with Crippen LogP contribution in [0.1, 0.15) is 18.5 Å². The van der Waals surface area contributed by atoms with Crippen LogP contribution in [0, 0.1) is 0 Å². The summed E-state index contributed by atoms with van der Waals surface area (Å²) in [4.78, 5) is 4.79. The fraction of sp³-hybridized carbons (Fsp3) is 0.538. The van der Waals surface area contributed by atoms with E-state index < -0.39 is 0 Å². The van der Waals surface area contributed by atoms with Gasteiger partial charge in [0.05, 0.1) is 0 Å². The van der Waals surface area contributed by atoms with Crippen LogP contribution >= 0.6 is 15.9 Å². The molecule has 0 amide bonds. The van der Waals surface area contributed by atoms with Crippen LogP contribution in [-0.4, -0.2) is 38.1 Å². The molecule has 0 bridgehead atoms. The summed E-state index contributed by atoms with van der Waals surface area (Å²) in [5.74, 6) is 0. The van der Waals surface area contributed by atoms with Crippen LogP contribution in [0.5, 0.6) is 0 Å². The molecule has 2 rings (SSSR count). The molecule has 1 saturated heterocycles. The number of piperazine rings is 1. The highest BCUT2D eigenvalue weighted by atomic mass is 79.9. The summed E-state index contributed by atoms with van der Waals surface area (Å²) >= 11 is 3.61. The molecule has 0 radical (unpaired) electrons. The van der Waals surface area contributed by atoms with E-state index in [-0.39, 0.29) is 6.04 Å². The summed E-state index contributed by atoms with van der Waals surface area (Å²) in [6.07, 6.45) is 0. The first-order valence-corrected chi connectivity index (χ1v) is 6.86. The van der Waals surface area contributed by atoms with Gasteiger partial charge in [0, 0.05) is 42.4 Å². The van der Waals surface area contributed by atoms with E-state index in [1.807, 2.05) is 6.92 Å². The van der Waals surface area contributed by atoms with Gasteiger partial charge in [-0.2, -0.15) is 0 Å². The molecule has 1 heterocycles. The average molecular weight is 298 g/mol. The number of nitrogens with two attached hydrogens (primary N) is 1. The standard InChI is InChI=1S/C13H20BrN3/c1-10(15)12-4-3-11(9-13(12)14)17-7-5-16(2)6-8-17/h3-4,9-10H,5-8,15H2,1-2H3. The van der Waals surface area contributed by atoms with Crippen molar-refractivity contribution in [3.05, 3.63) is 28.2 Å². The van der Waals surface area contributed by atoms with Crippen molar-refractivity contribution >= 4 is 21.6 Å². The van der Waals surface area contributed by atoms with Crippen LogP contribution in [0.25, 0.3) is 0 Å². The molecular formula is C13H20BrN3. The molecule has 2 N–H and O–H groups in total. The zero-order valence-electron chi connectivity index (χ0n) is 10.5. The third-order valence-corrected chi connectivity index (χ3v) is 4.03. The Labute approximate surface area is 112 Å². The topological polar surface area (TPSA) is 32.5 Å². The normalized spacial score (nSPS) is 19.4. The van der Waals surface area contributed by atoms with Crippen LogP contribution < -0.4 is 10.6 Å². The highest BCUT2D eigenvalue weighted by molar-refractivity contribution is 9.10. The van der Waals surface area contributed by atoms with Gasteiger partial charge in [-0.25, -0.2) is 0 Å². The van der Waals surface area contributed by atoms with Crippen LogP contribution in [0.15, 0.2) is 22.7 Å². The number of anilines is 1. The lowest BCUT2D eigenvalue weighted by Crippen LogP contribution is -2.44. The second kappa shape index (κ2) is 5.38. The maximum absolute atomic E-state index is 5.91. The fourth-order valence-corrected chi connectivity index (χ4v) is 2.87. The monoisotopic (exact) mass is 297 g/mol. The SMILES string of the molecule is CC(N)c1ccc(N2CCN(C)CC2)cc1Br. The van der Waals surface area contributed by atoms with Crippen molar-refractivity contribution in [1.29, 1.82) is 0 Å². The van der Waals surface area contributed by atoms with Gasteiger partial charge in [0.25, 0.3) is 0 Å². The minimum Gasteiger partial charge on any atom is -0.369 e. The molecule has 1 aliphatic rings. The van der Waals surface area contributed by atoms with E-state index in [4.69, 9.17) is 5.73 Å². The fourth-order valence-electron chi connectivity index (χ4n) is 2.15. The largest absolute Gasteiger partial charge is 0.369 e. The van der Waals surface area contributed by atoms with Crippen molar-refractivity contribution in [3.63, 3.8) is 0 Å². The lowest BCUT2D eigenvalue weighted by atomic mass is 10.1. The Bertz CT molecular complexity index is 384. The third kappa shape index (κ3) is 3.00. The number of hydrogen-bond acceptors (Lipinski definition) is 3. The van der Waals surface area contributed by atoms with Gasteiger partial charge in [-0.3, -0.25) is 0 Å². The van der Waals surface area contributed by atoms with E-state index >= 15 is 0 Å². The number of halogens is 1.